The number of methoxy groups -OCH3 is 2. The van der Waals surface area contributed by atoms with Crippen LogP contribution >= 0.6 is 0 Å². The van der Waals surface area contributed by atoms with E-state index < -0.39 is 5.54 Å². The third-order valence-electron chi connectivity index (χ3n) is 7.06. The summed E-state index contributed by atoms with van der Waals surface area (Å²) in [7, 11) is 3.28. The summed E-state index contributed by atoms with van der Waals surface area (Å²) >= 11 is 0. The molecule has 0 aliphatic carbocycles. The molecule has 2 heterocycles. The van der Waals surface area contributed by atoms with Crippen LogP contribution in [-0.4, -0.2) is 72.6 Å². The Morgan fingerprint density at radius 1 is 0.882 bits per heavy atom. The lowest BCUT2D eigenvalue weighted by Gasteiger charge is -2.42. The number of hydrogen-bond donors (Lipinski definition) is 0. The second-order valence-electron chi connectivity index (χ2n) is 9.31. The van der Waals surface area contributed by atoms with Gasteiger partial charge >= 0.3 is 6.03 Å². The average molecular weight is 466 g/mol. The summed E-state index contributed by atoms with van der Waals surface area (Å²) in [5, 5.41) is 0. The van der Waals surface area contributed by atoms with E-state index in [0.717, 1.165) is 30.9 Å². The highest BCUT2D eigenvalue weighted by atomic mass is 16.5. The molecule has 4 rings (SSSR count). The topological polar surface area (TPSA) is 62.3 Å². The predicted octanol–water partition coefficient (Wildman–Crippen LogP) is 3.84. The number of piperidine rings is 1. The molecule has 1 spiro atoms. The van der Waals surface area contributed by atoms with Crippen LogP contribution in [0.5, 0.6) is 5.75 Å². The molecule has 0 unspecified atom stereocenters. The number of hydrogen-bond acceptors (Lipinski definition) is 5. The van der Waals surface area contributed by atoms with Gasteiger partial charge in [-0.3, -0.25) is 14.6 Å². The minimum atomic E-state index is -0.763. The van der Waals surface area contributed by atoms with Crippen LogP contribution in [0.15, 0.2) is 48.5 Å². The molecular formula is C27H35N3O4. The molecule has 3 amide bonds. The molecule has 2 aliphatic heterocycles. The van der Waals surface area contributed by atoms with E-state index in [9.17, 15) is 9.59 Å². The maximum atomic E-state index is 13.8. The van der Waals surface area contributed by atoms with E-state index in [2.05, 4.69) is 36.1 Å². The van der Waals surface area contributed by atoms with E-state index in [-0.39, 0.29) is 18.5 Å². The fourth-order valence-electron chi connectivity index (χ4n) is 5.03. The van der Waals surface area contributed by atoms with Gasteiger partial charge in [0.25, 0.3) is 5.91 Å². The Hall–Kier alpha value is -2.90. The highest BCUT2D eigenvalue weighted by molar-refractivity contribution is 6.07. The van der Waals surface area contributed by atoms with Gasteiger partial charge in [0.15, 0.2) is 0 Å². The molecule has 0 aromatic heterocycles. The third kappa shape index (κ3) is 4.95. The van der Waals surface area contributed by atoms with Gasteiger partial charge in [-0.25, -0.2) is 4.79 Å². The molecule has 2 aromatic carbocycles. The molecule has 2 fully saturated rings. The van der Waals surface area contributed by atoms with Gasteiger partial charge in [-0.15, -0.1) is 0 Å². The highest BCUT2D eigenvalue weighted by Crippen LogP contribution is 2.38. The number of ether oxygens (including phenoxy) is 2. The maximum Gasteiger partial charge on any atom is 0.327 e. The summed E-state index contributed by atoms with van der Waals surface area (Å²) in [6.45, 7) is 5.87. The molecule has 2 saturated heterocycles. The van der Waals surface area contributed by atoms with Crippen LogP contribution in [0.4, 0.5) is 4.79 Å². The van der Waals surface area contributed by atoms with Crippen LogP contribution in [-0.2, 0) is 22.6 Å². The second kappa shape index (κ2) is 10.6. The van der Waals surface area contributed by atoms with Crippen molar-refractivity contribution in [1.82, 2.24) is 14.7 Å². The molecule has 182 valence electrons. The van der Waals surface area contributed by atoms with Crippen molar-refractivity contribution in [2.45, 2.75) is 44.8 Å². The van der Waals surface area contributed by atoms with Crippen molar-refractivity contribution in [2.24, 2.45) is 0 Å². The van der Waals surface area contributed by atoms with Crippen molar-refractivity contribution in [2.75, 3.05) is 40.5 Å². The van der Waals surface area contributed by atoms with Gasteiger partial charge < -0.3 is 14.4 Å². The summed E-state index contributed by atoms with van der Waals surface area (Å²) in [4.78, 5) is 32.9. The predicted molar refractivity (Wildman–Crippen MR) is 131 cm³/mol. The van der Waals surface area contributed by atoms with Crippen LogP contribution < -0.4 is 4.74 Å². The van der Waals surface area contributed by atoms with E-state index in [4.69, 9.17) is 9.47 Å². The number of urea groups is 1. The minimum Gasteiger partial charge on any atom is -0.497 e. The fraction of sp³-hybridized carbons (Fsp3) is 0.481. The van der Waals surface area contributed by atoms with Gasteiger partial charge in [0.05, 0.1) is 13.7 Å². The van der Waals surface area contributed by atoms with E-state index >= 15 is 0 Å². The molecule has 0 bridgehead atoms. The highest BCUT2D eigenvalue weighted by Gasteiger charge is 2.57. The Bertz CT molecular complexity index is 982. The van der Waals surface area contributed by atoms with Crippen molar-refractivity contribution in [3.63, 3.8) is 0 Å². The lowest BCUT2D eigenvalue weighted by atomic mass is 9.85. The molecule has 0 N–H and O–H groups in total. The third-order valence-corrected chi connectivity index (χ3v) is 7.06. The first-order valence-corrected chi connectivity index (χ1v) is 12.0. The number of rotatable bonds is 9. The Balaban J connectivity index is 1.49. The van der Waals surface area contributed by atoms with Crippen LogP contribution in [0.1, 0.15) is 36.0 Å². The average Bonchev–Trinajstić information content (AvgIpc) is 3.04. The van der Waals surface area contributed by atoms with Gasteiger partial charge in [-0.05, 0) is 49.4 Å². The monoisotopic (exact) mass is 465 g/mol. The summed E-state index contributed by atoms with van der Waals surface area (Å²) in [6, 6.07) is 15.9. The van der Waals surface area contributed by atoms with E-state index in [1.807, 2.05) is 29.2 Å². The molecular weight excluding hydrogens is 430 g/mol. The van der Waals surface area contributed by atoms with Gasteiger partial charge in [0, 0.05) is 39.9 Å². The number of imide groups is 1. The SMILES string of the molecule is COCCCN1C(=O)N(Cc2ccc(OC)cc2)C(=O)C12CCN(Cc1ccc(C)cc1)CC2. The van der Waals surface area contributed by atoms with Crippen molar-refractivity contribution in [1.29, 1.82) is 0 Å². The zero-order valence-corrected chi connectivity index (χ0v) is 20.5. The van der Waals surface area contributed by atoms with Gasteiger partial charge in [0.2, 0.25) is 0 Å². The number of carbonyl (C=O) groups is 2. The lowest BCUT2D eigenvalue weighted by molar-refractivity contribution is -0.136. The molecule has 7 heteroatoms. The van der Waals surface area contributed by atoms with Crippen molar-refractivity contribution in [3.8, 4) is 5.75 Å². The summed E-state index contributed by atoms with van der Waals surface area (Å²) in [5.41, 5.74) is 2.67. The first-order chi connectivity index (χ1) is 16.5. The zero-order valence-electron chi connectivity index (χ0n) is 20.5. The number of aryl methyl sites for hydroxylation is 1. The van der Waals surface area contributed by atoms with E-state index in [1.54, 1.807) is 14.2 Å². The number of likely N-dealkylation sites (tertiary alicyclic amines) is 1. The van der Waals surface area contributed by atoms with Crippen molar-refractivity contribution >= 4 is 11.9 Å². The van der Waals surface area contributed by atoms with Crippen molar-refractivity contribution < 1.29 is 19.1 Å². The normalized spacial score (nSPS) is 18.2. The Morgan fingerprint density at radius 3 is 2.12 bits per heavy atom. The molecule has 2 aliphatic rings. The van der Waals surface area contributed by atoms with Crippen LogP contribution in [0, 0.1) is 6.92 Å². The van der Waals surface area contributed by atoms with Crippen molar-refractivity contribution in [3.05, 3.63) is 65.2 Å². The van der Waals surface area contributed by atoms with Crippen LogP contribution in [0.3, 0.4) is 0 Å². The van der Waals surface area contributed by atoms with E-state index in [1.165, 1.54) is 16.0 Å². The van der Waals surface area contributed by atoms with Gasteiger partial charge in [-0.1, -0.05) is 42.0 Å². The summed E-state index contributed by atoms with van der Waals surface area (Å²) < 4.78 is 10.4. The standard InChI is InChI=1S/C27H35N3O4/c1-21-5-7-22(8-6-21)19-28-16-13-27(14-17-28)25(31)29(26(32)30(27)15-4-18-33-2)20-23-9-11-24(34-3)12-10-23/h5-12H,4,13-20H2,1-3H3. The molecule has 0 atom stereocenters. The number of amides is 3. The molecule has 0 radical (unpaired) electrons. The maximum absolute atomic E-state index is 13.8. The summed E-state index contributed by atoms with van der Waals surface area (Å²) in [6.07, 6.45) is 2.01. The summed E-state index contributed by atoms with van der Waals surface area (Å²) in [5.74, 6) is 0.683. The van der Waals surface area contributed by atoms with Gasteiger partial charge in [0.1, 0.15) is 11.3 Å². The smallest absolute Gasteiger partial charge is 0.327 e. The number of nitrogens with zero attached hydrogens (tertiary/aromatic N) is 3. The number of benzene rings is 2. The molecule has 0 saturated carbocycles. The fourth-order valence-corrected chi connectivity index (χ4v) is 5.03. The van der Waals surface area contributed by atoms with Crippen LogP contribution in [0.25, 0.3) is 0 Å². The Kier molecular flexibility index (Phi) is 7.54. The Morgan fingerprint density at radius 2 is 1.50 bits per heavy atom. The first kappa shape index (κ1) is 24.2. The lowest BCUT2D eigenvalue weighted by Crippen LogP contribution is -2.56. The Labute approximate surface area is 202 Å². The van der Waals surface area contributed by atoms with Gasteiger partial charge in [-0.2, -0.15) is 0 Å². The van der Waals surface area contributed by atoms with Crippen LogP contribution in [0.2, 0.25) is 0 Å². The first-order valence-electron chi connectivity index (χ1n) is 12.0. The second-order valence-corrected chi connectivity index (χ2v) is 9.31. The zero-order chi connectivity index (χ0) is 24.1. The molecule has 34 heavy (non-hydrogen) atoms. The van der Waals surface area contributed by atoms with E-state index in [0.29, 0.717) is 32.4 Å². The molecule has 2 aromatic rings. The quantitative estimate of drug-likeness (QED) is 0.416. The largest absolute Gasteiger partial charge is 0.497 e. The molecule has 7 nitrogen and oxygen atoms in total. The number of carbonyl (C=O) groups excluding carboxylic acids is 2. The minimum absolute atomic E-state index is 0.0688.